The quantitative estimate of drug-likeness (QED) is 0.112. The summed E-state index contributed by atoms with van der Waals surface area (Å²) in [5.41, 5.74) is 21.6. The van der Waals surface area contributed by atoms with Crippen LogP contribution < -0.4 is 38.2 Å². The third-order valence-corrected chi connectivity index (χ3v) is 5.08. The molecule has 1 aromatic heterocycles. The van der Waals surface area contributed by atoms with Crippen molar-refractivity contribution in [1.82, 2.24) is 14.9 Å². The fraction of sp³-hybridized carbons (Fsp3) is 0.174. The molecule has 0 saturated heterocycles. The van der Waals surface area contributed by atoms with E-state index in [1.807, 2.05) is 0 Å². The lowest BCUT2D eigenvalue weighted by atomic mass is 10.1. The number of anilines is 3. The predicted octanol–water partition coefficient (Wildman–Crippen LogP) is 1.95. The molecular weight excluding hydrogens is 472 g/mol. The summed E-state index contributed by atoms with van der Waals surface area (Å²) in [6, 6.07) is 13.0. The van der Waals surface area contributed by atoms with Gasteiger partial charge in [-0.1, -0.05) is 35.9 Å². The highest BCUT2D eigenvalue weighted by Gasteiger charge is 2.18. The Hall–Kier alpha value is -4.22. The first-order valence-corrected chi connectivity index (χ1v) is 10.8. The van der Waals surface area contributed by atoms with E-state index < -0.39 is 11.5 Å². The number of rotatable bonds is 9. The summed E-state index contributed by atoms with van der Waals surface area (Å²) in [5.74, 6) is -0.154. The Labute approximate surface area is 206 Å². The number of amidine groups is 1. The maximum atomic E-state index is 13.2. The van der Waals surface area contributed by atoms with Crippen LogP contribution >= 0.6 is 11.6 Å². The average Bonchev–Trinajstić information content (AvgIpc) is 2.77. The summed E-state index contributed by atoms with van der Waals surface area (Å²) in [5, 5.41) is 11.9. The second-order valence-electron chi connectivity index (χ2n) is 7.93. The number of pyridine rings is 1. The van der Waals surface area contributed by atoms with Crippen LogP contribution in [0.4, 0.5) is 17.1 Å². The van der Waals surface area contributed by atoms with E-state index >= 15 is 0 Å². The maximum absolute atomic E-state index is 13.2. The number of benzene rings is 2. The van der Waals surface area contributed by atoms with E-state index in [9.17, 15) is 9.59 Å². The molecule has 9 N–H and O–H groups in total. The first kappa shape index (κ1) is 25.4. The Morgan fingerprint density at radius 2 is 1.74 bits per heavy atom. The molecule has 0 radical (unpaired) electrons. The van der Waals surface area contributed by atoms with Gasteiger partial charge in [-0.3, -0.25) is 19.6 Å². The summed E-state index contributed by atoms with van der Waals surface area (Å²) < 4.78 is 7.02. The molecular formula is C23H27ClN8O3. The van der Waals surface area contributed by atoms with Gasteiger partial charge in [-0.15, -0.1) is 0 Å². The smallest absolute Gasteiger partial charge is 0.280 e. The minimum atomic E-state index is -0.556. The highest BCUT2D eigenvalue weighted by atomic mass is 35.5. The number of ether oxygens (including phenoxy) is 1. The van der Waals surface area contributed by atoms with Crippen LogP contribution in [0.5, 0.6) is 11.6 Å². The predicted molar refractivity (Wildman–Crippen MR) is 138 cm³/mol. The van der Waals surface area contributed by atoms with Crippen LogP contribution in [-0.2, 0) is 17.9 Å². The van der Waals surface area contributed by atoms with Gasteiger partial charge in [0.25, 0.3) is 5.56 Å². The van der Waals surface area contributed by atoms with Gasteiger partial charge in [-0.05, 0) is 11.6 Å². The molecule has 0 bridgehead atoms. The molecule has 0 spiro atoms. The van der Waals surface area contributed by atoms with Crippen LogP contribution in [0.15, 0.2) is 53.3 Å². The first-order valence-electron chi connectivity index (χ1n) is 10.4. The largest absolute Gasteiger partial charge is 0.441 e. The zero-order valence-electron chi connectivity index (χ0n) is 19.3. The molecule has 1 amide bonds. The lowest BCUT2D eigenvalue weighted by Gasteiger charge is -2.19. The van der Waals surface area contributed by atoms with Gasteiger partial charge in [0.1, 0.15) is 23.8 Å². The second kappa shape index (κ2) is 10.8. The van der Waals surface area contributed by atoms with E-state index in [-0.39, 0.29) is 41.3 Å². The molecule has 2 aromatic carbocycles. The number of amides is 1. The molecule has 0 aliphatic carbocycles. The van der Waals surface area contributed by atoms with E-state index in [0.29, 0.717) is 16.9 Å². The van der Waals surface area contributed by atoms with Gasteiger partial charge < -0.3 is 32.7 Å². The van der Waals surface area contributed by atoms with Gasteiger partial charge in [-0.2, -0.15) is 0 Å². The fourth-order valence-corrected chi connectivity index (χ4v) is 3.40. The zero-order valence-corrected chi connectivity index (χ0v) is 20.0. The second-order valence-corrected chi connectivity index (χ2v) is 8.34. The van der Waals surface area contributed by atoms with E-state index in [2.05, 4.69) is 10.7 Å². The first-order chi connectivity index (χ1) is 16.5. The third-order valence-electron chi connectivity index (χ3n) is 4.78. The van der Waals surface area contributed by atoms with Crippen LogP contribution in [-0.4, -0.2) is 35.4 Å². The normalized spacial score (nSPS) is 10.7. The molecule has 12 heteroatoms. The highest BCUT2D eigenvalue weighted by molar-refractivity contribution is 6.33. The number of hydrogen-bond donors (Lipinski definition) is 6. The van der Waals surface area contributed by atoms with Gasteiger partial charge >= 0.3 is 0 Å². The standard InChI is InChI=1S/C23H27ClN8O3/c1-31(2)30-21-18(24)10-20(35-17-8-15(25)7-16(26)9-17)32(23(21)34)12-19(33)29-11-13-3-5-14(6-4-13)22(27)28/h3-10,30H,11-12,25-26H2,1-2H3,(H3,27,28)(H,29,33). The maximum Gasteiger partial charge on any atom is 0.280 e. The van der Waals surface area contributed by atoms with Gasteiger partial charge in [0.15, 0.2) is 0 Å². The summed E-state index contributed by atoms with van der Waals surface area (Å²) >= 11 is 6.34. The molecule has 0 atom stereocenters. The highest BCUT2D eigenvalue weighted by Crippen LogP contribution is 2.29. The van der Waals surface area contributed by atoms with Crippen molar-refractivity contribution in [1.29, 1.82) is 5.41 Å². The number of halogens is 1. The van der Waals surface area contributed by atoms with E-state index in [0.717, 1.165) is 10.1 Å². The Morgan fingerprint density at radius 1 is 1.11 bits per heavy atom. The molecule has 3 aromatic rings. The van der Waals surface area contributed by atoms with Gasteiger partial charge in [0, 0.05) is 55.8 Å². The number of nitrogens with zero attached hydrogens (tertiary/aromatic N) is 2. The van der Waals surface area contributed by atoms with Crippen molar-refractivity contribution < 1.29 is 9.53 Å². The van der Waals surface area contributed by atoms with E-state index in [4.69, 9.17) is 38.9 Å². The molecule has 1 heterocycles. The number of hydrogen-bond acceptors (Lipinski definition) is 8. The monoisotopic (exact) mass is 498 g/mol. The molecule has 184 valence electrons. The van der Waals surface area contributed by atoms with Crippen LogP contribution in [0.25, 0.3) is 0 Å². The van der Waals surface area contributed by atoms with Crippen molar-refractivity contribution in [2.45, 2.75) is 13.1 Å². The Kier molecular flexibility index (Phi) is 7.84. The van der Waals surface area contributed by atoms with Crippen molar-refractivity contribution in [3.8, 4) is 11.6 Å². The van der Waals surface area contributed by atoms with Gasteiger partial charge in [0.05, 0.1) is 5.02 Å². The molecule has 3 rings (SSSR count). The van der Waals surface area contributed by atoms with Gasteiger partial charge in [-0.25, -0.2) is 5.01 Å². The minimum Gasteiger partial charge on any atom is -0.441 e. The van der Waals surface area contributed by atoms with Crippen molar-refractivity contribution in [3.05, 3.63) is 75.0 Å². The fourth-order valence-electron chi connectivity index (χ4n) is 3.18. The lowest BCUT2D eigenvalue weighted by Crippen LogP contribution is -2.35. The molecule has 0 fully saturated rings. The van der Waals surface area contributed by atoms with Crippen LogP contribution in [0.2, 0.25) is 5.02 Å². The van der Waals surface area contributed by atoms with E-state index in [1.54, 1.807) is 49.4 Å². The third kappa shape index (κ3) is 6.65. The summed E-state index contributed by atoms with van der Waals surface area (Å²) in [6.45, 7) is -0.124. The molecule has 0 aliphatic heterocycles. The van der Waals surface area contributed by atoms with Crippen molar-refractivity contribution in [3.63, 3.8) is 0 Å². The van der Waals surface area contributed by atoms with Crippen molar-refractivity contribution in [2.75, 3.05) is 31.0 Å². The number of carbonyl (C=O) groups is 1. The Bertz CT molecular complexity index is 1290. The number of nitrogens with one attached hydrogen (secondary N) is 3. The Morgan fingerprint density at radius 3 is 2.31 bits per heavy atom. The lowest BCUT2D eigenvalue weighted by molar-refractivity contribution is -0.121. The van der Waals surface area contributed by atoms with Gasteiger partial charge in [0.2, 0.25) is 11.8 Å². The number of carbonyl (C=O) groups excluding carboxylic acids is 1. The Balaban J connectivity index is 1.87. The number of nitrogens with two attached hydrogens (primary N) is 3. The average molecular weight is 499 g/mol. The molecule has 0 aliphatic rings. The minimum absolute atomic E-state index is 0.0373. The SMILES string of the molecule is CN(C)Nc1c(Cl)cc(Oc2cc(N)cc(N)c2)n(CC(=O)NCc2ccc(C(=N)N)cc2)c1=O. The molecule has 0 saturated carbocycles. The number of aromatic nitrogens is 1. The summed E-state index contributed by atoms with van der Waals surface area (Å²) in [7, 11) is 3.40. The van der Waals surface area contributed by atoms with E-state index in [1.165, 1.54) is 18.2 Å². The van der Waals surface area contributed by atoms with Crippen molar-refractivity contribution in [2.24, 2.45) is 5.73 Å². The van der Waals surface area contributed by atoms with Crippen LogP contribution in [0.3, 0.4) is 0 Å². The van der Waals surface area contributed by atoms with Crippen LogP contribution in [0.1, 0.15) is 11.1 Å². The summed E-state index contributed by atoms with van der Waals surface area (Å²) in [4.78, 5) is 26.0. The van der Waals surface area contributed by atoms with Crippen molar-refractivity contribution >= 4 is 40.4 Å². The molecule has 0 unspecified atom stereocenters. The number of nitrogen functional groups attached to an aromatic ring is 3. The molecule has 35 heavy (non-hydrogen) atoms. The van der Waals surface area contributed by atoms with Crippen LogP contribution in [0, 0.1) is 5.41 Å². The molecule has 11 nitrogen and oxygen atoms in total. The zero-order chi connectivity index (χ0) is 25.7. The summed E-state index contributed by atoms with van der Waals surface area (Å²) in [6.07, 6.45) is 0. The number of hydrazine groups is 1. The topological polar surface area (TPSA) is 178 Å².